The Hall–Kier alpha value is -4.17. The molecule has 0 bridgehead atoms. The molecule has 0 saturated carbocycles. The van der Waals surface area contributed by atoms with E-state index in [1.54, 1.807) is 30.9 Å². The molecular weight excluding hydrogens is 498 g/mol. The van der Waals surface area contributed by atoms with Gasteiger partial charge in [-0.3, -0.25) is 14.2 Å². The van der Waals surface area contributed by atoms with Gasteiger partial charge in [0.15, 0.2) is 10.6 Å². The number of para-hydroxylation sites is 1. The summed E-state index contributed by atoms with van der Waals surface area (Å²) < 4.78 is 15.4. The molecule has 0 spiro atoms. The van der Waals surface area contributed by atoms with Crippen molar-refractivity contribution in [2.75, 3.05) is 14.2 Å². The summed E-state index contributed by atoms with van der Waals surface area (Å²) in [6, 6.07) is 17.0. The molecule has 0 saturated heterocycles. The van der Waals surface area contributed by atoms with Gasteiger partial charge in [0.05, 0.1) is 24.8 Å². The highest BCUT2D eigenvalue weighted by atomic mass is 32.1. The maximum absolute atomic E-state index is 13.9. The van der Waals surface area contributed by atoms with Crippen molar-refractivity contribution in [1.29, 1.82) is 0 Å². The second kappa shape index (κ2) is 9.95. The standard InChI is InChI=1S/C30H29N3O4S/c1-17-14-21(19(3)32(17)22-10-8-7-9-11-22)15-26-29(35)33-28(24-13-12-23(36-5)16-25(24)37-6)27(20(4)34)18(2)31-30(33)38-26/h7-16,28H,1-6H3/b26-15-/t28-/m1/s1. The van der Waals surface area contributed by atoms with Crippen LogP contribution in [-0.2, 0) is 4.79 Å². The topological polar surface area (TPSA) is 74.8 Å². The summed E-state index contributed by atoms with van der Waals surface area (Å²) in [5.74, 6) is 1.01. The molecule has 3 heterocycles. The number of allylic oxidation sites excluding steroid dienone is 2. The maximum Gasteiger partial charge on any atom is 0.271 e. The van der Waals surface area contributed by atoms with Gasteiger partial charge in [0, 0.05) is 40.0 Å². The van der Waals surface area contributed by atoms with Crippen LogP contribution in [0.1, 0.15) is 42.4 Å². The lowest BCUT2D eigenvalue weighted by atomic mass is 9.92. The number of methoxy groups -OCH3 is 2. The molecule has 194 valence electrons. The second-order valence-electron chi connectivity index (χ2n) is 9.24. The molecule has 7 nitrogen and oxygen atoms in total. The summed E-state index contributed by atoms with van der Waals surface area (Å²) in [6.45, 7) is 7.42. The Morgan fingerprint density at radius 2 is 1.76 bits per heavy atom. The van der Waals surface area contributed by atoms with Gasteiger partial charge in [-0.15, -0.1) is 0 Å². The van der Waals surface area contributed by atoms with Gasteiger partial charge in [-0.25, -0.2) is 4.99 Å². The maximum atomic E-state index is 13.9. The van der Waals surface area contributed by atoms with Gasteiger partial charge < -0.3 is 14.0 Å². The molecule has 8 heteroatoms. The fourth-order valence-corrected chi connectivity index (χ4v) is 6.20. The molecule has 4 aromatic rings. The summed E-state index contributed by atoms with van der Waals surface area (Å²) >= 11 is 1.32. The number of aromatic nitrogens is 2. The minimum Gasteiger partial charge on any atom is -0.497 e. The van der Waals surface area contributed by atoms with Gasteiger partial charge in [0.2, 0.25) is 0 Å². The van der Waals surface area contributed by atoms with Crippen LogP contribution in [0, 0.1) is 13.8 Å². The van der Waals surface area contributed by atoms with Crippen LogP contribution in [0.4, 0.5) is 0 Å². The molecule has 0 fully saturated rings. The van der Waals surface area contributed by atoms with Gasteiger partial charge in [0.1, 0.15) is 11.5 Å². The minimum atomic E-state index is -0.663. The van der Waals surface area contributed by atoms with E-state index < -0.39 is 6.04 Å². The smallest absolute Gasteiger partial charge is 0.271 e. The Morgan fingerprint density at radius 3 is 2.42 bits per heavy atom. The highest BCUT2D eigenvalue weighted by molar-refractivity contribution is 7.07. The molecule has 5 rings (SSSR count). The highest BCUT2D eigenvalue weighted by Crippen LogP contribution is 2.37. The van der Waals surface area contributed by atoms with Crippen LogP contribution >= 0.6 is 11.3 Å². The number of hydrogen-bond acceptors (Lipinski definition) is 6. The summed E-state index contributed by atoms with van der Waals surface area (Å²) in [7, 11) is 3.14. The monoisotopic (exact) mass is 527 g/mol. The number of carbonyl (C=O) groups is 1. The van der Waals surface area contributed by atoms with Crippen LogP contribution in [0.2, 0.25) is 0 Å². The number of ketones is 1. The predicted molar refractivity (Wildman–Crippen MR) is 149 cm³/mol. The molecule has 0 aliphatic carbocycles. The molecular formula is C30H29N3O4S. The van der Waals surface area contributed by atoms with Crippen LogP contribution in [0.5, 0.6) is 11.5 Å². The van der Waals surface area contributed by atoms with Gasteiger partial charge in [0.25, 0.3) is 5.56 Å². The first kappa shape index (κ1) is 25.5. The summed E-state index contributed by atoms with van der Waals surface area (Å²) in [4.78, 5) is 32.0. The largest absolute Gasteiger partial charge is 0.497 e. The fraction of sp³-hybridized carbons (Fsp3) is 0.233. The number of thiazole rings is 1. The van der Waals surface area contributed by atoms with Crippen LogP contribution in [-0.4, -0.2) is 29.1 Å². The van der Waals surface area contributed by atoms with Gasteiger partial charge >= 0.3 is 0 Å². The molecule has 2 aromatic heterocycles. The number of hydrogen-bond donors (Lipinski definition) is 0. The van der Waals surface area contributed by atoms with Crippen LogP contribution < -0.4 is 24.4 Å². The zero-order valence-electron chi connectivity index (χ0n) is 22.2. The Labute approximate surface area is 224 Å². The lowest BCUT2D eigenvalue weighted by Gasteiger charge is -2.26. The van der Waals surface area contributed by atoms with E-state index in [2.05, 4.69) is 34.7 Å². The van der Waals surface area contributed by atoms with Gasteiger partial charge in [-0.1, -0.05) is 29.5 Å². The van der Waals surface area contributed by atoms with Crippen LogP contribution in [0.15, 0.2) is 75.7 Å². The quantitative estimate of drug-likeness (QED) is 0.376. The number of ether oxygens (including phenoxy) is 2. The van der Waals surface area contributed by atoms with Crippen molar-refractivity contribution < 1.29 is 14.3 Å². The molecule has 0 amide bonds. The van der Waals surface area contributed by atoms with Gasteiger partial charge in [-0.2, -0.15) is 0 Å². The molecule has 1 aliphatic heterocycles. The van der Waals surface area contributed by atoms with E-state index in [0.717, 1.165) is 22.6 Å². The summed E-state index contributed by atoms with van der Waals surface area (Å²) in [5, 5.41) is 0. The lowest BCUT2D eigenvalue weighted by Crippen LogP contribution is -2.39. The molecule has 38 heavy (non-hydrogen) atoms. The molecule has 1 aliphatic rings. The first-order chi connectivity index (χ1) is 18.2. The van der Waals surface area contributed by atoms with Crippen molar-refractivity contribution in [1.82, 2.24) is 9.13 Å². The third-order valence-electron chi connectivity index (χ3n) is 6.91. The number of fused-ring (bicyclic) bond motifs is 1. The van der Waals surface area contributed by atoms with E-state index in [9.17, 15) is 9.59 Å². The van der Waals surface area contributed by atoms with E-state index in [0.29, 0.717) is 37.7 Å². The zero-order valence-corrected chi connectivity index (χ0v) is 23.1. The van der Waals surface area contributed by atoms with E-state index in [1.807, 2.05) is 44.2 Å². The number of carbonyl (C=O) groups excluding carboxylic acids is 1. The van der Waals surface area contributed by atoms with Crippen LogP contribution in [0.25, 0.3) is 11.8 Å². The van der Waals surface area contributed by atoms with Crippen molar-refractivity contribution in [3.63, 3.8) is 0 Å². The molecule has 0 radical (unpaired) electrons. The molecule has 0 unspecified atom stereocenters. The van der Waals surface area contributed by atoms with E-state index in [4.69, 9.17) is 9.47 Å². The summed E-state index contributed by atoms with van der Waals surface area (Å²) in [6.07, 6.45) is 1.92. The molecule has 2 aromatic carbocycles. The Morgan fingerprint density at radius 1 is 1.03 bits per heavy atom. The van der Waals surface area contributed by atoms with Crippen molar-refractivity contribution in [2.45, 2.75) is 33.7 Å². The highest BCUT2D eigenvalue weighted by Gasteiger charge is 2.32. The van der Waals surface area contributed by atoms with E-state index in [1.165, 1.54) is 18.3 Å². The number of nitrogens with zero attached hydrogens (tertiary/aromatic N) is 3. The van der Waals surface area contributed by atoms with E-state index in [-0.39, 0.29) is 11.3 Å². The Kier molecular flexibility index (Phi) is 6.67. The first-order valence-corrected chi connectivity index (χ1v) is 13.1. The average molecular weight is 528 g/mol. The number of benzene rings is 2. The van der Waals surface area contributed by atoms with Gasteiger partial charge in [-0.05, 0) is 69.7 Å². The van der Waals surface area contributed by atoms with Crippen molar-refractivity contribution in [2.24, 2.45) is 4.99 Å². The second-order valence-corrected chi connectivity index (χ2v) is 10.3. The SMILES string of the molecule is COc1ccc([C@@H]2C(C(C)=O)=C(C)N=c3s/c(=C\c4cc(C)n(-c5ccccc5)c4C)c(=O)n32)c(OC)c1. The first-order valence-electron chi connectivity index (χ1n) is 12.2. The van der Waals surface area contributed by atoms with Crippen molar-refractivity contribution in [3.05, 3.63) is 108 Å². The van der Waals surface area contributed by atoms with Crippen LogP contribution in [0.3, 0.4) is 0 Å². The fourth-order valence-electron chi connectivity index (χ4n) is 5.16. The van der Waals surface area contributed by atoms with Crippen molar-refractivity contribution >= 4 is 23.2 Å². The number of rotatable bonds is 6. The third kappa shape index (κ3) is 4.20. The zero-order chi connectivity index (χ0) is 27.1. The Balaban J connectivity index is 1.73. The minimum absolute atomic E-state index is 0.144. The predicted octanol–water partition coefficient (Wildman–Crippen LogP) is 4.25. The number of Topliss-reactive ketones (excluding diaryl/α,β-unsaturated/α-hetero) is 1. The van der Waals surface area contributed by atoms with E-state index >= 15 is 0 Å². The average Bonchev–Trinajstić information content (AvgIpc) is 3.36. The Bertz CT molecular complexity index is 1770. The molecule has 1 atom stereocenters. The molecule has 0 N–H and O–H groups in total. The summed E-state index contributed by atoms with van der Waals surface area (Å²) in [5.41, 5.74) is 5.69. The normalized spacial score (nSPS) is 15.3. The third-order valence-corrected chi connectivity index (χ3v) is 7.89. The lowest BCUT2D eigenvalue weighted by molar-refractivity contribution is -0.114. The van der Waals surface area contributed by atoms with Crippen molar-refractivity contribution in [3.8, 4) is 17.2 Å². The number of aryl methyl sites for hydroxylation is 1.